The molecule has 3 rings (SSSR count). The molecule has 0 aromatic carbocycles. The van der Waals surface area contributed by atoms with E-state index < -0.39 is 36.1 Å². The summed E-state index contributed by atoms with van der Waals surface area (Å²) in [7, 11) is -0.516. The van der Waals surface area contributed by atoms with Crippen molar-refractivity contribution in [2.75, 3.05) is 18.4 Å². The maximum atomic E-state index is 13.3. The van der Waals surface area contributed by atoms with Gasteiger partial charge in [-0.15, -0.1) is 0 Å². The van der Waals surface area contributed by atoms with Crippen LogP contribution in [0.1, 0.15) is 75.2 Å². The summed E-state index contributed by atoms with van der Waals surface area (Å²) in [5, 5.41) is 6.10. The molecule has 2 aliphatic heterocycles. The summed E-state index contributed by atoms with van der Waals surface area (Å²) in [6.07, 6.45) is 4.56. The predicted octanol–water partition coefficient (Wildman–Crippen LogP) is 2.73. The molecule has 200 valence electrons. The minimum Gasteiger partial charge on any atom is -0.444 e. The number of likely N-dealkylation sites (tertiary alicyclic amines) is 1. The summed E-state index contributed by atoms with van der Waals surface area (Å²) in [5.74, 6) is 0.297. The Morgan fingerprint density at radius 3 is 2.25 bits per heavy atom. The normalized spacial score (nSPS) is 22.3. The van der Waals surface area contributed by atoms with Gasteiger partial charge in [-0.05, 0) is 67.2 Å². The highest BCUT2D eigenvalue weighted by molar-refractivity contribution is 6.61. The number of hydrogen-bond acceptors (Lipinski definition) is 8. The van der Waals surface area contributed by atoms with Gasteiger partial charge in [-0.3, -0.25) is 4.79 Å². The lowest BCUT2D eigenvalue weighted by molar-refractivity contribution is -0.135. The number of alkyl carbamates (subject to hydrolysis) is 1. The fraction of sp³-hybridized carbons (Fsp3) is 0.760. The Balaban J connectivity index is 1.59. The zero-order valence-electron chi connectivity index (χ0n) is 23.2. The third-order valence-electron chi connectivity index (χ3n) is 6.87. The molecular weight excluding hydrogens is 461 g/mol. The van der Waals surface area contributed by atoms with E-state index >= 15 is 0 Å². The maximum absolute atomic E-state index is 13.3. The van der Waals surface area contributed by atoms with Crippen molar-refractivity contribution in [3.63, 3.8) is 0 Å². The van der Waals surface area contributed by atoms with E-state index in [2.05, 4.69) is 20.6 Å². The van der Waals surface area contributed by atoms with Gasteiger partial charge in [-0.1, -0.05) is 13.8 Å². The number of piperidine rings is 1. The van der Waals surface area contributed by atoms with E-state index in [-0.39, 0.29) is 17.9 Å². The molecule has 0 spiro atoms. The Labute approximate surface area is 215 Å². The van der Waals surface area contributed by atoms with E-state index in [1.54, 1.807) is 38.1 Å². The van der Waals surface area contributed by atoms with E-state index in [1.165, 1.54) is 0 Å². The van der Waals surface area contributed by atoms with Gasteiger partial charge in [0.1, 0.15) is 11.6 Å². The fourth-order valence-electron chi connectivity index (χ4n) is 4.14. The summed E-state index contributed by atoms with van der Waals surface area (Å²) < 4.78 is 17.5. The molecule has 0 radical (unpaired) electrons. The quantitative estimate of drug-likeness (QED) is 0.570. The van der Waals surface area contributed by atoms with Crippen molar-refractivity contribution in [1.82, 2.24) is 20.2 Å². The average Bonchev–Trinajstić information content (AvgIpc) is 2.98. The predicted molar refractivity (Wildman–Crippen MR) is 139 cm³/mol. The Morgan fingerprint density at radius 1 is 1.14 bits per heavy atom. The lowest BCUT2D eigenvalue weighted by Gasteiger charge is -2.36. The second kappa shape index (κ2) is 10.5. The summed E-state index contributed by atoms with van der Waals surface area (Å²) in [6.45, 7) is 18.4. The molecular formula is C25H42BN5O5. The van der Waals surface area contributed by atoms with Crippen LogP contribution in [0, 0.1) is 5.92 Å². The molecule has 10 nitrogen and oxygen atoms in total. The van der Waals surface area contributed by atoms with Gasteiger partial charge in [0.05, 0.1) is 11.2 Å². The Morgan fingerprint density at radius 2 is 1.72 bits per heavy atom. The third-order valence-corrected chi connectivity index (χ3v) is 6.87. The molecule has 0 bridgehead atoms. The van der Waals surface area contributed by atoms with Crippen molar-refractivity contribution in [3.8, 4) is 0 Å². The number of nitrogens with one attached hydrogen (secondary N) is 2. The minimum absolute atomic E-state index is 0.000244. The van der Waals surface area contributed by atoms with Gasteiger partial charge in [0.2, 0.25) is 11.9 Å². The van der Waals surface area contributed by atoms with Crippen LogP contribution in [0.25, 0.3) is 0 Å². The molecule has 2 saturated heterocycles. The van der Waals surface area contributed by atoms with Gasteiger partial charge in [-0.25, -0.2) is 14.8 Å². The van der Waals surface area contributed by atoms with Crippen LogP contribution in [-0.2, 0) is 18.8 Å². The number of rotatable bonds is 6. The molecule has 2 atom stereocenters. The third kappa shape index (κ3) is 6.88. The molecule has 2 fully saturated rings. The molecule has 1 aromatic heterocycles. The topological polar surface area (TPSA) is 115 Å². The number of amides is 2. The lowest BCUT2D eigenvalue weighted by Crippen LogP contribution is -2.55. The molecule has 2 aliphatic rings. The van der Waals surface area contributed by atoms with Gasteiger partial charge < -0.3 is 29.6 Å². The summed E-state index contributed by atoms with van der Waals surface area (Å²) in [5.41, 5.74) is -0.738. The fourth-order valence-corrected chi connectivity index (χ4v) is 4.14. The molecule has 0 unspecified atom stereocenters. The van der Waals surface area contributed by atoms with Crippen molar-refractivity contribution in [2.24, 2.45) is 5.92 Å². The van der Waals surface area contributed by atoms with E-state index in [4.69, 9.17) is 14.0 Å². The molecule has 2 N–H and O–H groups in total. The van der Waals surface area contributed by atoms with Crippen LogP contribution in [-0.4, -0.2) is 76.0 Å². The highest BCUT2D eigenvalue weighted by Gasteiger charge is 2.52. The van der Waals surface area contributed by atoms with Crippen molar-refractivity contribution in [1.29, 1.82) is 0 Å². The average molecular weight is 503 g/mol. The van der Waals surface area contributed by atoms with Gasteiger partial charge in [0.25, 0.3) is 0 Å². The van der Waals surface area contributed by atoms with Crippen molar-refractivity contribution in [2.45, 2.75) is 104 Å². The molecule has 2 amide bonds. The zero-order chi connectivity index (χ0) is 26.9. The lowest BCUT2D eigenvalue weighted by atomic mass is 9.81. The van der Waals surface area contributed by atoms with Crippen LogP contribution in [0.3, 0.4) is 0 Å². The van der Waals surface area contributed by atoms with Crippen LogP contribution in [0.4, 0.5) is 10.7 Å². The Hall–Kier alpha value is -2.40. The molecule has 3 heterocycles. The first-order valence-electron chi connectivity index (χ1n) is 12.8. The second-order valence-electron chi connectivity index (χ2n) is 12.1. The van der Waals surface area contributed by atoms with E-state index in [9.17, 15) is 9.59 Å². The Bertz CT molecular complexity index is 916. The minimum atomic E-state index is -0.658. The molecule has 1 aromatic rings. The van der Waals surface area contributed by atoms with E-state index in [1.807, 2.05) is 41.5 Å². The van der Waals surface area contributed by atoms with Crippen molar-refractivity contribution in [3.05, 3.63) is 12.4 Å². The van der Waals surface area contributed by atoms with Crippen LogP contribution in [0.15, 0.2) is 12.4 Å². The van der Waals surface area contributed by atoms with E-state index in [0.717, 1.165) is 18.3 Å². The van der Waals surface area contributed by atoms with Crippen LogP contribution >= 0.6 is 0 Å². The monoisotopic (exact) mass is 503 g/mol. The van der Waals surface area contributed by atoms with Gasteiger partial charge in [0.15, 0.2) is 0 Å². The largest absolute Gasteiger partial charge is 0.498 e. The van der Waals surface area contributed by atoms with Crippen molar-refractivity contribution < 1.29 is 23.6 Å². The first kappa shape index (κ1) is 28.2. The first-order chi connectivity index (χ1) is 16.6. The number of nitrogens with zero attached hydrogens (tertiary/aromatic N) is 3. The van der Waals surface area contributed by atoms with Crippen LogP contribution < -0.4 is 16.1 Å². The molecule has 0 saturated carbocycles. The highest BCUT2D eigenvalue weighted by Crippen LogP contribution is 2.36. The number of carbonyl (C=O) groups excluding carboxylic acids is 2. The molecule has 0 aliphatic carbocycles. The standard InChI is InChI=1S/C25H42BN5O5/c1-16(2)19(30-22(33)34-23(3,4)5)20(32)31-12-10-11-18(15-31)29-21-27-13-17(14-28-21)26-35-24(6,7)25(8,9)36-26/h13-14,16,18-19H,10-12,15H2,1-9H3,(H,30,33)(H,27,28,29)/t18-,19-/m1/s1. The second-order valence-corrected chi connectivity index (χ2v) is 12.1. The number of ether oxygens (including phenoxy) is 1. The van der Waals surface area contributed by atoms with E-state index in [0.29, 0.717) is 19.0 Å². The number of hydrogen-bond donors (Lipinski definition) is 2. The van der Waals surface area contributed by atoms with Gasteiger partial charge >= 0.3 is 13.2 Å². The summed E-state index contributed by atoms with van der Waals surface area (Å²) in [4.78, 5) is 36.3. The number of carbonyl (C=O) groups is 2. The zero-order valence-corrected chi connectivity index (χ0v) is 23.2. The smallest absolute Gasteiger partial charge is 0.444 e. The maximum Gasteiger partial charge on any atom is 0.498 e. The summed E-state index contributed by atoms with van der Waals surface area (Å²) >= 11 is 0. The van der Waals surface area contributed by atoms with Gasteiger partial charge in [-0.2, -0.15) is 0 Å². The van der Waals surface area contributed by atoms with Crippen LogP contribution in [0.5, 0.6) is 0 Å². The van der Waals surface area contributed by atoms with Gasteiger partial charge in [0, 0.05) is 37.0 Å². The number of aromatic nitrogens is 2. The SMILES string of the molecule is CC(C)[C@@H](NC(=O)OC(C)(C)C)C(=O)N1CCC[C@@H](Nc2ncc(B3OC(C)(C)C(C)(C)O3)cn2)C1. The molecule has 11 heteroatoms. The number of anilines is 1. The highest BCUT2D eigenvalue weighted by atomic mass is 16.7. The van der Waals surface area contributed by atoms with Crippen LogP contribution in [0.2, 0.25) is 0 Å². The summed E-state index contributed by atoms with van der Waals surface area (Å²) in [6, 6.07) is -0.659. The Kier molecular flexibility index (Phi) is 8.25. The first-order valence-corrected chi connectivity index (χ1v) is 12.8. The molecule has 36 heavy (non-hydrogen) atoms. The van der Waals surface area contributed by atoms with Crippen molar-refractivity contribution >= 4 is 30.5 Å².